The van der Waals surface area contributed by atoms with E-state index >= 15 is 0 Å². The van der Waals surface area contributed by atoms with Gasteiger partial charge >= 0.3 is 0 Å². The van der Waals surface area contributed by atoms with Crippen LogP contribution in [0.3, 0.4) is 0 Å². The van der Waals surface area contributed by atoms with Gasteiger partial charge in [0.25, 0.3) is 0 Å². The van der Waals surface area contributed by atoms with Crippen molar-refractivity contribution in [1.82, 2.24) is 0 Å². The molecule has 100 valence electrons. The predicted octanol–water partition coefficient (Wildman–Crippen LogP) is 2.88. The average molecular weight is 315 g/mol. The van der Waals surface area contributed by atoms with Crippen molar-refractivity contribution in [3.05, 3.63) is 35.9 Å². The van der Waals surface area contributed by atoms with Gasteiger partial charge in [-0.25, -0.2) is 0 Å². The second-order valence-corrected chi connectivity index (χ2v) is 5.41. The molecule has 0 aliphatic carbocycles. The van der Waals surface area contributed by atoms with Gasteiger partial charge in [0.1, 0.15) is 0 Å². The van der Waals surface area contributed by atoms with E-state index in [1.165, 1.54) is 0 Å². The number of rotatable bonds is 3. The number of hydrogen-bond donors (Lipinski definition) is 1. The molecular formula is C14H19BrO3. The van der Waals surface area contributed by atoms with E-state index < -0.39 is 12.4 Å². The fourth-order valence-corrected chi connectivity index (χ4v) is 2.55. The van der Waals surface area contributed by atoms with Crippen LogP contribution in [0.5, 0.6) is 0 Å². The monoisotopic (exact) mass is 314 g/mol. The highest BCUT2D eigenvalue weighted by Gasteiger charge is 2.38. The minimum Gasteiger partial charge on any atom is -0.390 e. The molecule has 1 saturated heterocycles. The molecule has 4 heteroatoms. The molecule has 1 N–H and O–H groups in total. The third kappa shape index (κ3) is 2.94. The van der Waals surface area contributed by atoms with Crippen molar-refractivity contribution >= 4 is 15.9 Å². The van der Waals surface area contributed by atoms with Crippen LogP contribution in [0.4, 0.5) is 0 Å². The molecule has 1 fully saturated rings. The van der Waals surface area contributed by atoms with E-state index in [1.807, 2.05) is 44.2 Å². The van der Waals surface area contributed by atoms with Crippen molar-refractivity contribution in [2.24, 2.45) is 5.92 Å². The molecule has 0 saturated carbocycles. The smallest absolute Gasteiger partial charge is 0.184 e. The fourth-order valence-electron chi connectivity index (χ4n) is 2.18. The van der Waals surface area contributed by atoms with E-state index in [0.717, 1.165) is 5.56 Å². The first-order valence-corrected chi connectivity index (χ1v) is 7.35. The standard InChI is InChI=1S/C14H19BrO3/c1-9-10(2)17-14(11-6-4-3-5-7-11)18-13(9)12(16)8-15/h3-7,9-10,12-14,16H,8H2,1-2H3. The summed E-state index contributed by atoms with van der Waals surface area (Å²) < 4.78 is 11.8. The molecule has 0 amide bonds. The molecular weight excluding hydrogens is 296 g/mol. The average Bonchev–Trinajstić information content (AvgIpc) is 2.41. The quantitative estimate of drug-likeness (QED) is 0.872. The van der Waals surface area contributed by atoms with Gasteiger partial charge in [-0.15, -0.1) is 0 Å². The lowest BCUT2D eigenvalue weighted by molar-refractivity contribution is -0.281. The maximum Gasteiger partial charge on any atom is 0.184 e. The Morgan fingerprint density at radius 1 is 1.22 bits per heavy atom. The maximum absolute atomic E-state index is 10.0. The molecule has 1 aromatic rings. The lowest BCUT2D eigenvalue weighted by Gasteiger charge is -2.41. The molecule has 1 aromatic carbocycles. The molecule has 5 unspecified atom stereocenters. The molecule has 0 radical (unpaired) electrons. The van der Waals surface area contributed by atoms with Crippen LogP contribution in [0.1, 0.15) is 25.7 Å². The van der Waals surface area contributed by atoms with Crippen molar-refractivity contribution in [1.29, 1.82) is 0 Å². The Bertz CT molecular complexity index is 371. The fraction of sp³-hybridized carbons (Fsp3) is 0.571. The van der Waals surface area contributed by atoms with Crippen LogP contribution in [0.2, 0.25) is 0 Å². The van der Waals surface area contributed by atoms with Gasteiger partial charge in [-0.1, -0.05) is 53.2 Å². The molecule has 5 atom stereocenters. The summed E-state index contributed by atoms with van der Waals surface area (Å²) in [7, 11) is 0. The van der Waals surface area contributed by atoms with Crippen molar-refractivity contribution in [3.8, 4) is 0 Å². The Hall–Kier alpha value is -0.420. The summed E-state index contributed by atoms with van der Waals surface area (Å²) in [6.45, 7) is 4.07. The van der Waals surface area contributed by atoms with Gasteiger partial charge in [-0.2, -0.15) is 0 Å². The summed E-state index contributed by atoms with van der Waals surface area (Å²) in [4.78, 5) is 0. The lowest BCUT2D eigenvalue weighted by Crippen LogP contribution is -2.47. The summed E-state index contributed by atoms with van der Waals surface area (Å²) in [5.41, 5.74) is 0.989. The zero-order valence-electron chi connectivity index (χ0n) is 10.6. The number of halogens is 1. The van der Waals surface area contributed by atoms with Crippen LogP contribution in [-0.2, 0) is 9.47 Å². The Labute approximate surface area is 116 Å². The molecule has 0 spiro atoms. The van der Waals surface area contributed by atoms with Crippen LogP contribution in [-0.4, -0.2) is 28.7 Å². The van der Waals surface area contributed by atoms with Crippen LogP contribution in [0.15, 0.2) is 30.3 Å². The Morgan fingerprint density at radius 3 is 2.50 bits per heavy atom. The third-order valence-corrected chi connectivity index (χ3v) is 4.15. The first-order valence-electron chi connectivity index (χ1n) is 6.23. The number of ether oxygens (including phenoxy) is 2. The summed E-state index contributed by atoms with van der Waals surface area (Å²) in [6.07, 6.45) is -1.06. The molecule has 1 aliphatic rings. The Kier molecular flexibility index (Phi) is 4.78. The zero-order valence-corrected chi connectivity index (χ0v) is 12.2. The van der Waals surface area contributed by atoms with Gasteiger partial charge in [0.05, 0.1) is 18.3 Å². The number of hydrogen-bond acceptors (Lipinski definition) is 3. The van der Waals surface area contributed by atoms with E-state index in [1.54, 1.807) is 0 Å². The van der Waals surface area contributed by atoms with Crippen LogP contribution >= 0.6 is 15.9 Å². The highest BCUT2D eigenvalue weighted by atomic mass is 79.9. The second kappa shape index (κ2) is 6.15. The maximum atomic E-state index is 10.0. The van der Waals surface area contributed by atoms with Crippen LogP contribution < -0.4 is 0 Å². The predicted molar refractivity (Wildman–Crippen MR) is 73.6 cm³/mol. The van der Waals surface area contributed by atoms with Gasteiger partial charge in [-0.05, 0) is 6.92 Å². The van der Waals surface area contributed by atoms with Crippen molar-refractivity contribution in [2.75, 3.05) is 5.33 Å². The summed E-state index contributed by atoms with van der Waals surface area (Å²) >= 11 is 3.30. The van der Waals surface area contributed by atoms with E-state index in [9.17, 15) is 5.11 Å². The lowest BCUT2D eigenvalue weighted by atomic mass is 9.94. The SMILES string of the molecule is CC1OC(c2ccccc2)OC(C(O)CBr)C1C. The highest BCUT2D eigenvalue weighted by Crippen LogP contribution is 2.34. The minimum absolute atomic E-state index is 0.0580. The number of alkyl halides is 1. The van der Waals surface area contributed by atoms with E-state index in [2.05, 4.69) is 15.9 Å². The molecule has 3 nitrogen and oxygen atoms in total. The summed E-state index contributed by atoms with van der Waals surface area (Å²) in [5, 5.41) is 10.5. The van der Waals surface area contributed by atoms with E-state index in [0.29, 0.717) is 5.33 Å². The van der Waals surface area contributed by atoms with Crippen LogP contribution in [0, 0.1) is 5.92 Å². The number of aliphatic hydroxyl groups excluding tert-OH is 1. The first kappa shape index (κ1) is 14.0. The van der Waals surface area contributed by atoms with Gasteiger partial charge < -0.3 is 14.6 Å². The minimum atomic E-state index is -0.516. The number of aliphatic hydroxyl groups is 1. The molecule has 2 rings (SSSR count). The van der Waals surface area contributed by atoms with Crippen molar-refractivity contribution in [2.45, 2.75) is 38.4 Å². The normalized spacial score (nSPS) is 34.2. The Balaban J connectivity index is 2.15. The van der Waals surface area contributed by atoms with E-state index in [-0.39, 0.29) is 18.1 Å². The van der Waals surface area contributed by atoms with Gasteiger partial charge in [0.15, 0.2) is 6.29 Å². The molecule has 1 heterocycles. The van der Waals surface area contributed by atoms with Crippen LogP contribution in [0.25, 0.3) is 0 Å². The highest BCUT2D eigenvalue weighted by molar-refractivity contribution is 9.09. The molecule has 1 aliphatic heterocycles. The van der Waals surface area contributed by atoms with Crippen molar-refractivity contribution < 1.29 is 14.6 Å². The summed E-state index contributed by atoms with van der Waals surface area (Å²) in [6, 6.07) is 9.83. The van der Waals surface area contributed by atoms with Gasteiger partial charge in [0.2, 0.25) is 0 Å². The zero-order chi connectivity index (χ0) is 13.1. The molecule has 0 bridgehead atoms. The van der Waals surface area contributed by atoms with Crippen molar-refractivity contribution in [3.63, 3.8) is 0 Å². The first-order chi connectivity index (χ1) is 8.63. The molecule has 0 aromatic heterocycles. The molecule has 18 heavy (non-hydrogen) atoms. The second-order valence-electron chi connectivity index (χ2n) is 4.77. The Morgan fingerprint density at radius 2 is 1.89 bits per heavy atom. The number of benzene rings is 1. The van der Waals surface area contributed by atoms with Gasteiger partial charge in [-0.3, -0.25) is 0 Å². The summed E-state index contributed by atoms with van der Waals surface area (Å²) in [5.74, 6) is 0.164. The van der Waals surface area contributed by atoms with E-state index in [4.69, 9.17) is 9.47 Å². The topological polar surface area (TPSA) is 38.7 Å². The largest absolute Gasteiger partial charge is 0.390 e. The van der Waals surface area contributed by atoms with Gasteiger partial charge in [0, 0.05) is 16.8 Å². The third-order valence-electron chi connectivity index (χ3n) is 3.49.